The minimum Gasteiger partial charge on any atom is -0.335 e. The molecular formula is C10H16N2OS. The second kappa shape index (κ2) is 4.09. The zero-order chi connectivity index (χ0) is 10.8. The van der Waals surface area contributed by atoms with Gasteiger partial charge in [-0.05, 0) is 20.3 Å². The molecule has 0 fully saturated rings. The van der Waals surface area contributed by atoms with E-state index in [0.717, 1.165) is 6.42 Å². The molecule has 3 nitrogen and oxygen atoms in total. The summed E-state index contributed by atoms with van der Waals surface area (Å²) in [6, 6.07) is 0. The zero-order valence-electron chi connectivity index (χ0n) is 9.07. The molecule has 4 heteroatoms. The van der Waals surface area contributed by atoms with Crippen molar-refractivity contribution in [2.45, 2.75) is 32.7 Å². The number of rotatable bonds is 3. The molecule has 1 aromatic rings. The van der Waals surface area contributed by atoms with E-state index in [2.05, 4.69) is 25.8 Å². The first-order valence-electron chi connectivity index (χ1n) is 4.65. The summed E-state index contributed by atoms with van der Waals surface area (Å²) < 4.78 is 0. The summed E-state index contributed by atoms with van der Waals surface area (Å²) in [6.45, 7) is 6.18. The third-order valence-electron chi connectivity index (χ3n) is 2.73. The van der Waals surface area contributed by atoms with Crippen molar-refractivity contribution in [2.24, 2.45) is 0 Å². The number of aromatic nitrogens is 1. The summed E-state index contributed by atoms with van der Waals surface area (Å²) in [5.41, 5.74) is 2.11. The summed E-state index contributed by atoms with van der Waals surface area (Å²) in [5, 5.41) is 1.78. The lowest BCUT2D eigenvalue weighted by Gasteiger charge is -2.34. The topological polar surface area (TPSA) is 33.2 Å². The van der Waals surface area contributed by atoms with E-state index in [4.69, 9.17) is 0 Å². The van der Waals surface area contributed by atoms with Gasteiger partial charge in [0.15, 0.2) is 0 Å². The van der Waals surface area contributed by atoms with Gasteiger partial charge in [-0.2, -0.15) is 0 Å². The highest BCUT2D eigenvalue weighted by molar-refractivity contribution is 7.07. The van der Waals surface area contributed by atoms with Gasteiger partial charge in [-0.15, -0.1) is 11.3 Å². The summed E-state index contributed by atoms with van der Waals surface area (Å²) in [6.07, 6.45) is 0.930. The smallest absolute Gasteiger partial charge is 0.273 e. The van der Waals surface area contributed by atoms with Crippen LogP contribution in [0.15, 0.2) is 10.9 Å². The average Bonchev–Trinajstić information content (AvgIpc) is 2.68. The fraction of sp³-hybridized carbons (Fsp3) is 0.600. The maximum Gasteiger partial charge on any atom is 0.273 e. The van der Waals surface area contributed by atoms with Crippen molar-refractivity contribution < 1.29 is 4.79 Å². The molecule has 0 saturated heterocycles. The van der Waals surface area contributed by atoms with Gasteiger partial charge in [0.2, 0.25) is 0 Å². The lowest BCUT2D eigenvalue weighted by atomic mass is 10.00. The van der Waals surface area contributed by atoms with Crippen LogP contribution in [0.1, 0.15) is 37.7 Å². The molecule has 1 aromatic heterocycles. The van der Waals surface area contributed by atoms with Crippen LogP contribution in [-0.4, -0.2) is 28.4 Å². The van der Waals surface area contributed by atoms with Crippen LogP contribution in [0.2, 0.25) is 0 Å². The predicted octanol–water partition coefficient (Wildman–Crippen LogP) is 2.40. The van der Waals surface area contributed by atoms with Gasteiger partial charge in [-0.25, -0.2) is 4.98 Å². The normalized spacial score (nSPS) is 11.4. The fourth-order valence-electron chi connectivity index (χ4n) is 1.00. The molecule has 0 aliphatic carbocycles. The van der Waals surface area contributed by atoms with Gasteiger partial charge in [-0.3, -0.25) is 4.79 Å². The summed E-state index contributed by atoms with van der Waals surface area (Å²) in [7, 11) is 1.82. The molecule has 0 aliphatic heterocycles. The number of thiazole rings is 1. The molecule has 14 heavy (non-hydrogen) atoms. The van der Waals surface area contributed by atoms with E-state index in [1.165, 1.54) is 11.3 Å². The Hall–Kier alpha value is -0.900. The Bertz CT molecular complexity index is 306. The number of carbonyl (C=O) groups is 1. The lowest BCUT2D eigenvalue weighted by Crippen LogP contribution is -2.44. The van der Waals surface area contributed by atoms with E-state index in [1.54, 1.807) is 15.8 Å². The number of amides is 1. The minimum atomic E-state index is -0.110. The van der Waals surface area contributed by atoms with Crippen LogP contribution in [0.4, 0.5) is 0 Å². The van der Waals surface area contributed by atoms with E-state index in [0.29, 0.717) is 5.69 Å². The van der Waals surface area contributed by atoms with Gasteiger partial charge in [0.1, 0.15) is 5.69 Å². The van der Waals surface area contributed by atoms with Crippen molar-refractivity contribution in [1.82, 2.24) is 9.88 Å². The minimum absolute atomic E-state index is 0.00176. The Morgan fingerprint density at radius 1 is 1.64 bits per heavy atom. The molecule has 0 saturated carbocycles. The number of hydrogen-bond donors (Lipinski definition) is 0. The highest BCUT2D eigenvalue weighted by Crippen LogP contribution is 2.18. The van der Waals surface area contributed by atoms with E-state index in [9.17, 15) is 4.79 Å². The maximum absolute atomic E-state index is 11.9. The first-order valence-corrected chi connectivity index (χ1v) is 5.59. The van der Waals surface area contributed by atoms with Gasteiger partial charge in [0, 0.05) is 18.0 Å². The Balaban J connectivity index is 2.81. The van der Waals surface area contributed by atoms with Crippen molar-refractivity contribution in [1.29, 1.82) is 0 Å². The van der Waals surface area contributed by atoms with Crippen molar-refractivity contribution >= 4 is 17.2 Å². The Morgan fingerprint density at radius 3 is 2.71 bits per heavy atom. The molecule has 0 unspecified atom stereocenters. The monoisotopic (exact) mass is 212 g/mol. The molecule has 0 N–H and O–H groups in total. The molecule has 0 bridgehead atoms. The average molecular weight is 212 g/mol. The predicted molar refractivity (Wildman–Crippen MR) is 58.6 cm³/mol. The third-order valence-corrected chi connectivity index (χ3v) is 3.32. The molecule has 1 heterocycles. The molecule has 0 aliphatic rings. The molecular weight excluding hydrogens is 196 g/mol. The van der Waals surface area contributed by atoms with Gasteiger partial charge >= 0.3 is 0 Å². The van der Waals surface area contributed by atoms with E-state index < -0.39 is 0 Å². The highest BCUT2D eigenvalue weighted by atomic mass is 32.1. The van der Waals surface area contributed by atoms with Crippen LogP contribution in [0.25, 0.3) is 0 Å². The van der Waals surface area contributed by atoms with Crippen molar-refractivity contribution in [3.63, 3.8) is 0 Å². The number of nitrogens with zero attached hydrogens (tertiary/aromatic N) is 2. The molecule has 0 aromatic carbocycles. The third kappa shape index (κ3) is 2.12. The van der Waals surface area contributed by atoms with Crippen LogP contribution in [0.3, 0.4) is 0 Å². The molecule has 0 radical (unpaired) electrons. The molecule has 0 spiro atoms. The molecule has 1 rings (SSSR count). The van der Waals surface area contributed by atoms with Crippen LogP contribution in [-0.2, 0) is 0 Å². The van der Waals surface area contributed by atoms with E-state index in [1.807, 2.05) is 7.05 Å². The number of carbonyl (C=O) groups excluding carboxylic acids is 1. The Morgan fingerprint density at radius 2 is 2.29 bits per heavy atom. The SMILES string of the molecule is CCC(C)(C)N(C)C(=O)c1cscn1. The van der Waals surface area contributed by atoms with Crippen LogP contribution >= 0.6 is 11.3 Å². The molecule has 0 atom stereocenters. The molecule has 1 amide bonds. The van der Waals surface area contributed by atoms with Crippen molar-refractivity contribution in [3.05, 3.63) is 16.6 Å². The van der Waals surface area contributed by atoms with E-state index in [-0.39, 0.29) is 11.4 Å². The summed E-state index contributed by atoms with van der Waals surface area (Å²) >= 11 is 1.44. The summed E-state index contributed by atoms with van der Waals surface area (Å²) in [5.74, 6) is -0.00176. The Kier molecular flexibility index (Phi) is 3.26. The van der Waals surface area contributed by atoms with Crippen LogP contribution < -0.4 is 0 Å². The first kappa shape index (κ1) is 11.2. The van der Waals surface area contributed by atoms with Crippen LogP contribution in [0, 0.1) is 0 Å². The Labute approximate surface area is 88.8 Å². The van der Waals surface area contributed by atoms with Gasteiger partial charge in [-0.1, -0.05) is 6.92 Å². The second-order valence-corrected chi connectivity index (χ2v) is 4.62. The maximum atomic E-state index is 11.9. The fourth-order valence-corrected chi connectivity index (χ4v) is 1.53. The van der Waals surface area contributed by atoms with Crippen molar-refractivity contribution in [2.75, 3.05) is 7.05 Å². The standard InChI is InChI=1S/C10H16N2OS/c1-5-10(2,3)12(4)9(13)8-6-14-7-11-8/h6-7H,5H2,1-4H3. The molecule has 78 valence electrons. The highest BCUT2D eigenvalue weighted by Gasteiger charge is 2.27. The quantitative estimate of drug-likeness (QED) is 0.771. The first-order chi connectivity index (χ1) is 6.49. The van der Waals surface area contributed by atoms with E-state index >= 15 is 0 Å². The summed E-state index contributed by atoms with van der Waals surface area (Å²) in [4.78, 5) is 17.6. The van der Waals surface area contributed by atoms with Crippen molar-refractivity contribution in [3.8, 4) is 0 Å². The zero-order valence-corrected chi connectivity index (χ0v) is 9.89. The van der Waals surface area contributed by atoms with Crippen LogP contribution in [0.5, 0.6) is 0 Å². The van der Waals surface area contributed by atoms with Gasteiger partial charge in [0.05, 0.1) is 5.51 Å². The lowest BCUT2D eigenvalue weighted by molar-refractivity contribution is 0.0615. The van der Waals surface area contributed by atoms with Gasteiger partial charge < -0.3 is 4.90 Å². The largest absolute Gasteiger partial charge is 0.335 e. The number of hydrogen-bond acceptors (Lipinski definition) is 3. The second-order valence-electron chi connectivity index (χ2n) is 3.90. The van der Waals surface area contributed by atoms with Gasteiger partial charge in [0.25, 0.3) is 5.91 Å².